The lowest BCUT2D eigenvalue weighted by Crippen LogP contribution is -2.23. The summed E-state index contributed by atoms with van der Waals surface area (Å²) in [4.78, 5) is 0.899. The Bertz CT molecular complexity index is 354. The van der Waals surface area contributed by atoms with E-state index in [2.05, 4.69) is 81.9 Å². The van der Waals surface area contributed by atoms with Crippen LogP contribution in [0.3, 0.4) is 0 Å². The highest BCUT2D eigenvalue weighted by Crippen LogP contribution is 2.19. The van der Waals surface area contributed by atoms with E-state index in [0.29, 0.717) is 14.9 Å². The van der Waals surface area contributed by atoms with E-state index >= 15 is 0 Å². The maximum atomic E-state index is 3.64. The number of nitrogens with one attached hydrogen (secondary N) is 3. The maximum absolute atomic E-state index is 3.64. The molecular formula is C15H24Br3N3. The average molecular weight is 486 g/mol. The van der Waals surface area contributed by atoms with Crippen LogP contribution in [0.25, 0.3) is 0 Å². The van der Waals surface area contributed by atoms with E-state index in [1.807, 2.05) is 21.1 Å². The van der Waals surface area contributed by atoms with Crippen molar-refractivity contribution in [3.8, 4) is 0 Å². The topological polar surface area (TPSA) is 36.1 Å². The summed E-state index contributed by atoms with van der Waals surface area (Å²) in [7, 11) is 5.90. The molecule has 0 saturated heterocycles. The first-order valence-corrected chi connectivity index (χ1v) is 9.79. The minimum atomic E-state index is 0.300. The summed E-state index contributed by atoms with van der Waals surface area (Å²) in [5.74, 6) is 0. The molecule has 0 aliphatic carbocycles. The molecule has 0 aliphatic heterocycles. The van der Waals surface area contributed by atoms with Crippen LogP contribution in [0.4, 0.5) is 0 Å². The summed E-state index contributed by atoms with van der Waals surface area (Å²) >= 11 is 10.9. The second-order valence-corrected chi connectivity index (χ2v) is 8.35. The number of alkyl halides is 3. The van der Waals surface area contributed by atoms with Gasteiger partial charge >= 0.3 is 0 Å². The molecule has 0 aliphatic rings. The number of hydrogen-bond acceptors (Lipinski definition) is 3. The van der Waals surface area contributed by atoms with Gasteiger partial charge in [-0.25, -0.2) is 0 Å². The normalized spacial score (nSPS) is 15.7. The van der Waals surface area contributed by atoms with Crippen molar-refractivity contribution in [3.63, 3.8) is 0 Å². The fraction of sp³-hybridized carbons (Fsp3) is 0.600. The Morgan fingerprint density at radius 1 is 0.667 bits per heavy atom. The van der Waals surface area contributed by atoms with E-state index in [0.717, 1.165) is 19.3 Å². The van der Waals surface area contributed by atoms with Gasteiger partial charge in [0.25, 0.3) is 0 Å². The average Bonchev–Trinajstić information content (AvgIpc) is 2.46. The number of benzene rings is 1. The Kier molecular flexibility index (Phi) is 9.64. The molecule has 0 bridgehead atoms. The van der Waals surface area contributed by atoms with Gasteiger partial charge in [0.05, 0.1) is 14.9 Å². The summed E-state index contributed by atoms with van der Waals surface area (Å²) in [5.41, 5.74) is 4.06. The summed E-state index contributed by atoms with van der Waals surface area (Å²) in [6.45, 7) is 0. The monoisotopic (exact) mass is 483 g/mol. The molecule has 0 heterocycles. The molecule has 0 saturated carbocycles. The summed E-state index contributed by atoms with van der Waals surface area (Å²) in [5, 5.41) is 9.69. The third-order valence-electron chi connectivity index (χ3n) is 3.30. The van der Waals surface area contributed by atoms with E-state index in [4.69, 9.17) is 0 Å². The SMILES string of the molecule is CNC(Br)Cc1cc(CC(Br)NC)cc(CC(Br)NC)c1. The van der Waals surface area contributed by atoms with Crippen molar-refractivity contribution in [2.45, 2.75) is 34.1 Å². The molecule has 3 atom stereocenters. The Labute approximate surface area is 153 Å². The van der Waals surface area contributed by atoms with Crippen LogP contribution in [0.1, 0.15) is 16.7 Å². The molecule has 0 amide bonds. The number of hydrogen-bond donors (Lipinski definition) is 3. The Balaban J connectivity index is 2.95. The maximum Gasteiger partial charge on any atom is 0.0669 e. The van der Waals surface area contributed by atoms with E-state index in [1.165, 1.54) is 16.7 Å². The molecule has 3 unspecified atom stereocenters. The fourth-order valence-corrected chi connectivity index (χ4v) is 3.24. The Morgan fingerprint density at radius 2 is 0.905 bits per heavy atom. The lowest BCUT2D eigenvalue weighted by Gasteiger charge is -2.16. The van der Waals surface area contributed by atoms with Crippen molar-refractivity contribution in [1.82, 2.24) is 16.0 Å². The smallest absolute Gasteiger partial charge is 0.0669 e. The molecule has 120 valence electrons. The highest BCUT2D eigenvalue weighted by atomic mass is 79.9. The second kappa shape index (κ2) is 10.3. The highest BCUT2D eigenvalue weighted by molar-refractivity contribution is 9.10. The van der Waals surface area contributed by atoms with Gasteiger partial charge in [0, 0.05) is 0 Å². The van der Waals surface area contributed by atoms with Gasteiger partial charge < -0.3 is 16.0 Å². The third kappa shape index (κ3) is 7.57. The van der Waals surface area contributed by atoms with Crippen molar-refractivity contribution >= 4 is 47.8 Å². The first-order chi connectivity index (χ1) is 9.98. The van der Waals surface area contributed by atoms with Gasteiger partial charge in [-0.2, -0.15) is 0 Å². The van der Waals surface area contributed by atoms with Gasteiger partial charge in [-0.1, -0.05) is 66.0 Å². The molecule has 1 aromatic rings. The van der Waals surface area contributed by atoms with Crippen LogP contribution < -0.4 is 16.0 Å². The molecule has 21 heavy (non-hydrogen) atoms. The van der Waals surface area contributed by atoms with E-state index in [1.54, 1.807) is 0 Å². The molecule has 0 radical (unpaired) electrons. The summed E-state index contributed by atoms with van der Waals surface area (Å²) in [6, 6.07) is 6.88. The zero-order valence-corrected chi connectivity index (χ0v) is 17.5. The third-order valence-corrected chi connectivity index (χ3v) is 5.64. The molecule has 3 N–H and O–H groups in total. The van der Waals surface area contributed by atoms with Crippen LogP contribution in [0, 0.1) is 0 Å². The summed E-state index contributed by atoms with van der Waals surface area (Å²) in [6.07, 6.45) is 2.91. The summed E-state index contributed by atoms with van der Waals surface area (Å²) < 4.78 is 0. The van der Waals surface area contributed by atoms with Crippen LogP contribution in [0.15, 0.2) is 18.2 Å². The number of rotatable bonds is 9. The van der Waals surface area contributed by atoms with E-state index < -0.39 is 0 Å². The molecule has 0 spiro atoms. The van der Waals surface area contributed by atoms with Crippen molar-refractivity contribution in [2.75, 3.05) is 21.1 Å². The van der Waals surface area contributed by atoms with Gasteiger partial charge in [0.2, 0.25) is 0 Å². The highest BCUT2D eigenvalue weighted by Gasteiger charge is 2.10. The zero-order chi connectivity index (χ0) is 15.8. The van der Waals surface area contributed by atoms with Crippen LogP contribution in [-0.4, -0.2) is 36.0 Å². The first kappa shape index (κ1) is 19.6. The predicted molar refractivity (Wildman–Crippen MR) is 103 cm³/mol. The predicted octanol–water partition coefficient (Wildman–Crippen LogP) is 3.14. The fourth-order valence-electron chi connectivity index (χ4n) is 2.12. The molecule has 1 aromatic carbocycles. The van der Waals surface area contributed by atoms with Gasteiger partial charge in [0.1, 0.15) is 0 Å². The molecule has 3 nitrogen and oxygen atoms in total. The molecule has 0 fully saturated rings. The lowest BCUT2D eigenvalue weighted by molar-refractivity contribution is 0.726. The van der Waals surface area contributed by atoms with Gasteiger partial charge in [0.15, 0.2) is 0 Å². The van der Waals surface area contributed by atoms with Crippen LogP contribution >= 0.6 is 47.8 Å². The first-order valence-electron chi connectivity index (χ1n) is 7.04. The molecular weight excluding hydrogens is 462 g/mol. The van der Waals surface area contributed by atoms with Crippen molar-refractivity contribution in [1.29, 1.82) is 0 Å². The van der Waals surface area contributed by atoms with Gasteiger partial charge in [-0.3, -0.25) is 0 Å². The standard InChI is InChI=1S/C15H24Br3N3/c1-19-13(16)7-10-4-11(8-14(17)20-2)6-12(5-10)9-15(18)21-3/h4-6,13-15,19-21H,7-9H2,1-3H3. The minimum Gasteiger partial charge on any atom is -0.308 e. The van der Waals surface area contributed by atoms with E-state index in [9.17, 15) is 0 Å². The lowest BCUT2D eigenvalue weighted by atomic mass is 9.99. The van der Waals surface area contributed by atoms with Gasteiger partial charge in [-0.05, 0) is 57.1 Å². The Hall–Kier alpha value is 0.540. The Morgan fingerprint density at radius 3 is 1.10 bits per heavy atom. The van der Waals surface area contributed by atoms with Crippen molar-refractivity contribution in [3.05, 3.63) is 34.9 Å². The van der Waals surface area contributed by atoms with Gasteiger partial charge in [-0.15, -0.1) is 0 Å². The van der Waals surface area contributed by atoms with Crippen molar-refractivity contribution < 1.29 is 0 Å². The molecule has 1 rings (SSSR count). The second-order valence-electron chi connectivity index (χ2n) is 5.04. The van der Waals surface area contributed by atoms with Crippen LogP contribution in [0.2, 0.25) is 0 Å². The number of likely N-dealkylation sites (N-methyl/N-ethyl adjacent to an activating group) is 3. The number of halogens is 3. The van der Waals surface area contributed by atoms with Crippen molar-refractivity contribution in [2.24, 2.45) is 0 Å². The van der Waals surface area contributed by atoms with Crippen LogP contribution in [-0.2, 0) is 19.3 Å². The quantitative estimate of drug-likeness (QED) is 0.371. The molecule has 0 aromatic heterocycles. The largest absolute Gasteiger partial charge is 0.308 e. The van der Waals surface area contributed by atoms with Crippen LogP contribution in [0.5, 0.6) is 0 Å². The molecule has 6 heteroatoms. The minimum absolute atomic E-state index is 0.300. The zero-order valence-electron chi connectivity index (χ0n) is 12.7. The van der Waals surface area contributed by atoms with E-state index in [-0.39, 0.29) is 0 Å².